The fraction of sp³-hybridized carbons (Fsp3) is 0.467. The molecule has 3 heterocycles. The van der Waals surface area contributed by atoms with E-state index in [2.05, 4.69) is 32.3 Å². The minimum atomic E-state index is -0.0393. The van der Waals surface area contributed by atoms with Crippen molar-refractivity contribution in [1.82, 2.24) is 30.0 Å². The van der Waals surface area contributed by atoms with Crippen LogP contribution in [0.5, 0.6) is 0 Å². The fourth-order valence-electron chi connectivity index (χ4n) is 2.53. The first-order valence-electron chi connectivity index (χ1n) is 7.59. The number of nitrogens with one attached hydrogen (secondary N) is 2. The number of fused-ring (bicyclic) bond motifs is 1. The highest BCUT2D eigenvalue weighted by Crippen LogP contribution is 2.25. The third-order valence-corrected chi connectivity index (χ3v) is 4.97. The maximum Gasteiger partial charge on any atom is 0.259 e. The molecule has 0 saturated heterocycles. The van der Waals surface area contributed by atoms with Crippen LogP contribution in [0.25, 0.3) is 10.2 Å². The van der Waals surface area contributed by atoms with Gasteiger partial charge in [-0.05, 0) is 26.3 Å². The van der Waals surface area contributed by atoms with E-state index < -0.39 is 0 Å². The third kappa shape index (κ3) is 3.48. The molecule has 3 aromatic heterocycles. The molecular formula is C15H20N6OS. The van der Waals surface area contributed by atoms with Crippen LogP contribution in [-0.2, 0) is 13.0 Å². The van der Waals surface area contributed by atoms with Gasteiger partial charge in [-0.2, -0.15) is 5.10 Å². The van der Waals surface area contributed by atoms with Gasteiger partial charge in [0.1, 0.15) is 23.3 Å². The number of thiophene rings is 1. The van der Waals surface area contributed by atoms with Gasteiger partial charge in [0, 0.05) is 23.9 Å². The minimum Gasteiger partial charge on any atom is -0.312 e. The number of aryl methyl sites for hydroxylation is 2. The number of hydrogen-bond acceptors (Lipinski definition) is 6. The predicted octanol–water partition coefficient (Wildman–Crippen LogP) is 1.41. The Labute approximate surface area is 137 Å². The first-order valence-corrected chi connectivity index (χ1v) is 8.41. The minimum absolute atomic E-state index is 0.0393. The molecule has 1 atom stereocenters. The molecule has 3 rings (SSSR count). The van der Waals surface area contributed by atoms with E-state index in [-0.39, 0.29) is 11.6 Å². The Kier molecular flexibility index (Phi) is 4.53. The number of rotatable bonds is 6. The van der Waals surface area contributed by atoms with Gasteiger partial charge in [0.25, 0.3) is 5.56 Å². The van der Waals surface area contributed by atoms with Crippen LogP contribution >= 0.6 is 11.3 Å². The van der Waals surface area contributed by atoms with Gasteiger partial charge in [-0.1, -0.05) is 0 Å². The van der Waals surface area contributed by atoms with Crippen molar-refractivity contribution in [3.63, 3.8) is 0 Å². The predicted molar refractivity (Wildman–Crippen MR) is 90.9 cm³/mol. The quantitative estimate of drug-likeness (QED) is 0.712. The summed E-state index contributed by atoms with van der Waals surface area (Å²) in [6.45, 7) is 7.58. The highest BCUT2D eigenvalue weighted by molar-refractivity contribution is 7.18. The van der Waals surface area contributed by atoms with Crippen LogP contribution in [0.4, 0.5) is 0 Å². The van der Waals surface area contributed by atoms with Crippen molar-refractivity contribution in [3.05, 3.63) is 39.3 Å². The zero-order valence-corrected chi connectivity index (χ0v) is 14.3. The van der Waals surface area contributed by atoms with Gasteiger partial charge in [0.2, 0.25) is 0 Å². The first-order chi connectivity index (χ1) is 11.0. The second kappa shape index (κ2) is 6.59. The zero-order chi connectivity index (χ0) is 16.4. The molecule has 0 aromatic carbocycles. The molecule has 7 nitrogen and oxygen atoms in total. The Morgan fingerprint density at radius 3 is 3.00 bits per heavy atom. The van der Waals surface area contributed by atoms with Crippen LogP contribution in [0.2, 0.25) is 0 Å². The molecule has 0 fully saturated rings. The maximum absolute atomic E-state index is 12.2. The van der Waals surface area contributed by atoms with E-state index in [4.69, 9.17) is 0 Å². The lowest BCUT2D eigenvalue weighted by Crippen LogP contribution is -2.32. The van der Waals surface area contributed by atoms with Gasteiger partial charge in [0.05, 0.1) is 11.9 Å². The lowest BCUT2D eigenvalue weighted by molar-refractivity contribution is 0.452. The molecular weight excluding hydrogens is 312 g/mol. The van der Waals surface area contributed by atoms with Crippen LogP contribution in [0, 0.1) is 13.8 Å². The fourth-order valence-corrected chi connectivity index (χ4v) is 3.58. The summed E-state index contributed by atoms with van der Waals surface area (Å²) in [6, 6.07) is 0.262. The lowest BCUT2D eigenvalue weighted by atomic mass is 10.2. The molecule has 0 aliphatic heterocycles. The Balaban J connectivity index is 1.62. The number of aromatic nitrogens is 5. The Morgan fingerprint density at radius 1 is 1.43 bits per heavy atom. The van der Waals surface area contributed by atoms with Crippen molar-refractivity contribution in [2.75, 3.05) is 6.54 Å². The summed E-state index contributed by atoms with van der Waals surface area (Å²) in [7, 11) is 0. The molecule has 0 bridgehead atoms. The van der Waals surface area contributed by atoms with Crippen molar-refractivity contribution in [2.24, 2.45) is 0 Å². The van der Waals surface area contributed by atoms with Gasteiger partial charge in [0.15, 0.2) is 0 Å². The van der Waals surface area contributed by atoms with E-state index in [0.717, 1.165) is 39.6 Å². The van der Waals surface area contributed by atoms with Crippen molar-refractivity contribution in [3.8, 4) is 0 Å². The summed E-state index contributed by atoms with van der Waals surface area (Å²) >= 11 is 1.58. The molecule has 0 saturated carbocycles. The second-order valence-corrected chi connectivity index (χ2v) is 6.90. The maximum atomic E-state index is 12.2. The first kappa shape index (κ1) is 15.8. The Bertz CT molecular complexity index is 851. The molecule has 0 aliphatic rings. The van der Waals surface area contributed by atoms with Crippen LogP contribution in [-0.4, -0.2) is 37.3 Å². The number of nitrogens with zero attached hydrogens (tertiary/aromatic N) is 4. The van der Waals surface area contributed by atoms with Gasteiger partial charge < -0.3 is 10.3 Å². The highest BCUT2D eigenvalue weighted by atomic mass is 32.1. The summed E-state index contributed by atoms with van der Waals surface area (Å²) in [5.74, 6) is 0.726. The molecule has 122 valence electrons. The van der Waals surface area contributed by atoms with Crippen LogP contribution in [0.3, 0.4) is 0 Å². The molecule has 0 aliphatic carbocycles. The number of aromatic amines is 1. The molecule has 3 aromatic rings. The normalized spacial score (nSPS) is 12.8. The molecule has 0 amide bonds. The van der Waals surface area contributed by atoms with Crippen molar-refractivity contribution >= 4 is 21.6 Å². The van der Waals surface area contributed by atoms with Gasteiger partial charge in [-0.3, -0.25) is 9.48 Å². The molecule has 0 spiro atoms. The van der Waals surface area contributed by atoms with E-state index in [9.17, 15) is 4.79 Å². The van der Waals surface area contributed by atoms with Crippen molar-refractivity contribution < 1.29 is 0 Å². The summed E-state index contributed by atoms with van der Waals surface area (Å²) in [5.41, 5.74) is 0.993. The SMILES string of the molecule is Cc1sc2nc(CCN[C@H](C)Cn3cncn3)[nH]c(=O)c2c1C. The third-order valence-electron chi connectivity index (χ3n) is 3.87. The summed E-state index contributed by atoms with van der Waals surface area (Å²) in [6.07, 6.45) is 3.91. The van der Waals surface area contributed by atoms with Crippen LogP contribution in [0.15, 0.2) is 17.4 Å². The number of hydrogen-bond donors (Lipinski definition) is 2. The van der Waals surface area contributed by atoms with Crippen LogP contribution < -0.4 is 10.9 Å². The largest absolute Gasteiger partial charge is 0.312 e. The molecule has 23 heavy (non-hydrogen) atoms. The average Bonchev–Trinajstić information content (AvgIpc) is 3.08. The zero-order valence-electron chi connectivity index (χ0n) is 13.5. The molecule has 2 N–H and O–H groups in total. The summed E-state index contributed by atoms with van der Waals surface area (Å²) < 4.78 is 1.79. The highest BCUT2D eigenvalue weighted by Gasteiger charge is 2.12. The van der Waals surface area contributed by atoms with Crippen LogP contribution in [0.1, 0.15) is 23.2 Å². The second-order valence-electron chi connectivity index (χ2n) is 5.70. The lowest BCUT2D eigenvalue weighted by Gasteiger charge is -2.13. The average molecular weight is 332 g/mol. The van der Waals surface area contributed by atoms with Crippen molar-refractivity contribution in [2.45, 2.75) is 39.8 Å². The molecule has 0 unspecified atom stereocenters. The number of H-pyrrole nitrogens is 1. The molecule has 8 heteroatoms. The standard InChI is InChI=1S/C15H20N6OS/c1-9(6-21-8-16-7-18-21)17-5-4-12-19-14(22)13-10(2)11(3)23-15(13)20-12/h7-9,17H,4-6H2,1-3H3,(H,19,20,22)/t9-/m1/s1. The summed E-state index contributed by atoms with van der Waals surface area (Å²) in [5, 5.41) is 8.22. The van der Waals surface area contributed by atoms with E-state index in [1.807, 2.05) is 13.8 Å². The van der Waals surface area contributed by atoms with E-state index in [1.54, 1.807) is 22.3 Å². The molecule has 0 radical (unpaired) electrons. The Hall–Kier alpha value is -2.06. The van der Waals surface area contributed by atoms with Gasteiger partial charge >= 0.3 is 0 Å². The topological polar surface area (TPSA) is 88.5 Å². The summed E-state index contributed by atoms with van der Waals surface area (Å²) in [4.78, 5) is 25.6. The van der Waals surface area contributed by atoms with Crippen molar-refractivity contribution in [1.29, 1.82) is 0 Å². The van der Waals surface area contributed by atoms with Gasteiger partial charge in [-0.25, -0.2) is 9.97 Å². The smallest absolute Gasteiger partial charge is 0.259 e. The van der Waals surface area contributed by atoms with Gasteiger partial charge in [-0.15, -0.1) is 11.3 Å². The Morgan fingerprint density at radius 2 is 2.26 bits per heavy atom. The van der Waals surface area contributed by atoms with E-state index >= 15 is 0 Å². The monoisotopic (exact) mass is 332 g/mol. The van der Waals surface area contributed by atoms with E-state index in [0.29, 0.717) is 6.42 Å². The van der Waals surface area contributed by atoms with E-state index in [1.165, 1.54) is 6.33 Å².